The van der Waals surface area contributed by atoms with Crippen LogP contribution in [0, 0.1) is 76.9 Å². The number of halogens is 1. The molecule has 7 nitrogen and oxygen atoms in total. The Balaban J connectivity index is -0.0000000757. The van der Waals surface area contributed by atoms with Gasteiger partial charge < -0.3 is 33.2 Å². The summed E-state index contributed by atoms with van der Waals surface area (Å²) in [4.78, 5) is 0. The van der Waals surface area contributed by atoms with Gasteiger partial charge in [0.15, 0.2) is 12.6 Å². The third-order valence-electron chi connectivity index (χ3n) is 18.5. The molecule has 10 atom stereocenters. The average molecular weight is 1620 g/mol. The van der Waals surface area contributed by atoms with Crippen LogP contribution in [0.5, 0.6) is 0 Å². The highest BCUT2D eigenvalue weighted by atomic mass is 127. The van der Waals surface area contributed by atoms with Gasteiger partial charge in [-0.25, -0.2) is 0 Å². The van der Waals surface area contributed by atoms with Crippen LogP contribution >= 0.6 is 71.0 Å². The predicted octanol–water partition coefficient (Wildman–Crippen LogP) is 31.4. The van der Waals surface area contributed by atoms with Crippen LogP contribution in [0.25, 0.3) is 0 Å². The summed E-state index contributed by atoms with van der Waals surface area (Å²) < 4.78 is 37.7. The summed E-state index contributed by atoms with van der Waals surface area (Å²) in [5.74, 6) is 16.8. The molecule has 2 saturated carbocycles. The normalized spacial score (nSPS) is 33.4. The lowest BCUT2D eigenvalue weighted by Crippen LogP contribution is -2.27. The average Bonchev–Trinajstić information content (AvgIpc) is 2.05. The van der Waals surface area contributed by atoms with Crippen molar-refractivity contribution in [3.05, 3.63) is 23.3 Å². The molecule has 0 amide bonds. The van der Waals surface area contributed by atoms with Gasteiger partial charge in [0, 0.05) is 42.1 Å². The Labute approximate surface area is 672 Å². The van der Waals surface area contributed by atoms with E-state index in [1.54, 1.807) is 11.1 Å². The first-order valence-electron chi connectivity index (χ1n) is 36.8. The van der Waals surface area contributed by atoms with Crippen molar-refractivity contribution in [2.24, 2.45) is 76.9 Å². The summed E-state index contributed by atoms with van der Waals surface area (Å²) in [6, 6.07) is 0. The first-order chi connectivity index (χ1) is 41.7. The zero-order valence-corrected chi connectivity index (χ0v) is 68.1. The summed E-state index contributed by atoms with van der Waals surface area (Å²) >= 11 is 8.21. The van der Waals surface area contributed by atoms with Crippen molar-refractivity contribution in [1.29, 1.82) is 0 Å². The number of allylic oxidation sites excluding steroid dienone is 4. The SMILES string of the molecule is C.C.C.C.C.C.C.C.C.C.C.CC1=CCC(C)CC1.CC1=CCC(C)CC1.CC1CCC(C)CC1.CC1CCC(C)CC1.CC1CCC(C)OC1.CC1CCC(C)OC1.CC1CCC(C)SC1.CC1COC(C)OC1.CC1COC(C)OC1.CC1COC(C)SC1.CC1CSC(C)SC1.I.[HH]. The minimum absolute atomic E-state index is 0. The van der Waals surface area contributed by atoms with E-state index in [4.69, 9.17) is 33.2 Å². The van der Waals surface area contributed by atoms with E-state index in [0.29, 0.717) is 29.5 Å². The van der Waals surface area contributed by atoms with Gasteiger partial charge >= 0.3 is 0 Å². The Kier molecular flexibility index (Phi) is 102. The molecular formula is C88H197IO7S4. The Morgan fingerprint density at radius 1 is 0.270 bits per heavy atom. The summed E-state index contributed by atoms with van der Waals surface area (Å²) in [5.41, 5.74) is 3.61. The van der Waals surface area contributed by atoms with E-state index >= 15 is 0 Å². The maximum atomic E-state index is 5.39. The fraction of sp³-hybridized carbons (Fsp3) is 0.955. The van der Waals surface area contributed by atoms with Crippen molar-refractivity contribution in [3.63, 3.8) is 0 Å². The van der Waals surface area contributed by atoms with E-state index in [0.717, 1.165) is 121 Å². The van der Waals surface area contributed by atoms with Crippen LogP contribution in [0.3, 0.4) is 0 Å². The van der Waals surface area contributed by atoms with E-state index in [1.807, 2.05) is 25.6 Å². The molecule has 7 heterocycles. The second kappa shape index (κ2) is 79.9. The molecule has 11 aliphatic rings. The quantitative estimate of drug-likeness (QED) is 0.172. The second-order valence-electron chi connectivity index (χ2n) is 30.4. The van der Waals surface area contributed by atoms with Crippen LogP contribution in [0.4, 0.5) is 0 Å². The molecule has 11 rings (SSSR count). The highest BCUT2D eigenvalue weighted by Gasteiger charge is 2.20. The molecule has 0 spiro atoms. The van der Waals surface area contributed by atoms with Crippen LogP contribution in [-0.2, 0) is 33.2 Å². The van der Waals surface area contributed by atoms with E-state index in [9.17, 15) is 0 Å². The van der Waals surface area contributed by atoms with Crippen LogP contribution in [-0.4, -0.2) is 109 Å². The van der Waals surface area contributed by atoms with Gasteiger partial charge in [0.25, 0.3) is 0 Å². The summed E-state index contributed by atoms with van der Waals surface area (Å²) in [7, 11) is 0. The van der Waals surface area contributed by atoms with Crippen molar-refractivity contribution in [2.75, 3.05) is 69.3 Å². The van der Waals surface area contributed by atoms with Crippen LogP contribution in [0.15, 0.2) is 23.3 Å². The minimum Gasteiger partial charge on any atom is -0.378 e. The third-order valence-corrected chi connectivity index (χ3v) is 24.7. The Morgan fingerprint density at radius 2 is 0.550 bits per heavy atom. The summed E-state index contributed by atoms with van der Waals surface area (Å²) in [6.07, 6.45) is 33.8. The molecule has 12 heteroatoms. The molecular weight excluding hydrogens is 1420 g/mol. The van der Waals surface area contributed by atoms with Gasteiger partial charge in [-0.1, -0.05) is 253 Å². The molecule has 10 unspecified atom stereocenters. The van der Waals surface area contributed by atoms with Gasteiger partial charge in [-0.15, -0.1) is 59.3 Å². The molecule has 0 N–H and O–H groups in total. The number of hydrogen-bond donors (Lipinski definition) is 0. The van der Waals surface area contributed by atoms with Crippen molar-refractivity contribution >= 4 is 71.0 Å². The van der Waals surface area contributed by atoms with Crippen LogP contribution in [0.2, 0.25) is 0 Å². The highest BCUT2D eigenvalue weighted by Crippen LogP contribution is 2.33. The van der Waals surface area contributed by atoms with Gasteiger partial charge in [0.2, 0.25) is 0 Å². The van der Waals surface area contributed by atoms with Gasteiger partial charge in [0.1, 0.15) is 0 Å². The summed E-state index contributed by atoms with van der Waals surface area (Å²) in [5, 5.41) is 0.936. The van der Waals surface area contributed by atoms with E-state index in [-0.39, 0.29) is 120 Å². The molecule has 0 bridgehead atoms. The Hall–Kier alpha value is 1.33. The zero-order valence-electron chi connectivity index (χ0n) is 62.5. The van der Waals surface area contributed by atoms with Crippen molar-refractivity contribution in [1.82, 2.24) is 0 Å². The molecule has 0 radical (unpaired) electrons. The van der Waals surface area contributed by atoms with Crippen LogP contribution < -0.4 is 0 Å². The fourth-order valence-electron chi connectivity index (χ4n) is 10.9. The minimum atomic E-state index is 0. The molecule has 7 aliphatic heterocycles. The highest BCUT2D eigenvalue weighted by molar-refractivity contribution is 14.0. The second-order valence-corrected chi connectivity index (χ2v) is 36.3. The molecule has 100 heavy (non-hydrogen) atoms. The molecule has 0 aromatic heterocycles. The molecule has 0 aromatic rings. The number of rotatable bonds is 0. The van der Waals surface area contributed by atoms with Gasteiger partial charge in [-0.2, -0.15) is 11.8 Å². The largest absolute Gasteiger partial charge is 0.378 e. The lowest BCUT2D eigenvalue weighted by Gasteiger charge is -2.24. The van der Waals surface area contributed by atoms with Gasteiger partial charge in [-0.05, 0) is 215 Å². The smallest absolute Gasteiger partial charge is 0.154 e. The van der Waals surface area contributed by atoms with Crippen molar-refractivity contribution < 1.29 is 34.6 Å². The maximum Gasteiger partial charge on any atom is 0.154 e. The van der Waals surface area contributed by atoms with Crippen LogP contribution in [0.1, 0.15) is 364 Å². The van der Waals surface area contributed by atoms with E-state index in [2.05, 4.69) is 186 Å². The number of hydrogen-bond acceptors (Lipinski definition) is 11. The molecule has 0 aromatic carbocycles. The Bertz CT molecular complexity index is 1210. The maximum absolute atomic E-state index is 5.39. The lowest BCUT2D eigenvalue weighted by atomic mass is 9.84. The molecule has 4 aliphatic carbocycles. The van der Waals surface area contributed by atoms with E-state index in [1.165, 1.54) is 151 Å². The number of ether oxygens (including phenoxy) is 7. The predicted molar refractivity (Wildman–Crippen MR) is 488 cm³/mol. The van der Waals surface area contributed by atoms with Crippen molar-refractivity contribution in [3.8, 4) is 0 Å². The standard InChI is InChI=1S/2C8H16.2C8H14.2C7H14O.C7H14S.2C6H12O2.C6H12OS.C6H12S2.11CH4.HI.H2/c4*1-7-3-5-8(2)6-4-7;3*1-6-3-4-7(2)8-5-6;4*1-5-3-7-6(2)8-4-5;;;;;;;;;;;;;/h2*7-8H,3-6H2,1-2H3;2*3,8H,4-6H2,1-2H3;3*6-7H,3-5H2,1-2H3;4*5-6H,3-4H2,1-2H3;11*1H4;2*1H. The van der Waals surface area contributed by atoms with Crippen molar-refractivity contribution in [2.45, 2.75) is 402 Å². The monoisotopic (exact) mass is 1620 g/mol. The van der Waals surface area contributed by atoms with Gasteiger partial charge in [-0.3, -0.25) is 0 Å². The van der Waals surface area contributed by atoms with E-state index < -0.39 is 0 Å². The molecule has 622 valence electrons. The first kappa shape index (κ1) is 128. The third kappa shape index (κ3) is 77.5. The number of thioether (sulfide) groups is 4. The molecule has 7 saturated heterocycles. The lowest BCUT2D eigenvalue weighted by molar-refractivity contribution is -0.187. The molecule has 9 fully saturated rings. The zero-order chi connectivity index (χ0) is 65.8. The fourth-order valence-corrected chi connectivity index (χ4v) is 15.3. The summed E-state index contributed by atoms with van der Waals surface area (Å²) in [6.45, 7) is 55.3. The first-order valence-corrected chi connectivity index (χ1v) is 41.0. The Morgan fingerprint density at radius 3 is 0.750 bits per heavy atom. The van der Waals surface area contributed by atoms with Gasteiger partial charge in [0.05, 0.1) is 50.7 Å². The topological polar surface area (TPSA) is 64.6 Å².